The fraction of sp³-hybridized carbons (Fsp3) is 0.333. The molecule has 6 heteroatoms. The largest absolute Gasteiger partial charge is 0.444 e. The van der Waals surface area contributed by atoms with E-state index in [0.717, 1.165) is 40.0 Å². The summed E-state index contributed by atoms with van der Waals surface area (Å²) in [4.78, 5) is 22.4. The minimum absolute atomic E-state index is 0.0735. The number of nitrogens with zero attached hydrogens (tertiary/aromatic N) is 2. The summed E-state index contributed by atoms with van der Waals surface area (Å²) < 4.78 is 6.64. The predicted octanol–water partition coefficient (Wildman–Crippen LogP) is 6.58. The van der Waals surface area contributed by atoms with Crippen LogP contribution in [0.25, 0.3) is 22.4 Å². The van der Waals surface area contributed by atoms with Crippen LogP contribution in [-0.4, -0.2) is 33.1 Å². The highest BCUT2D eigenvalue weighted by Gasteiger charge is 2.34. The van der Waals surface area contributed by atoms with Crippen LogP contribution in [0.1, 0.15) is 45.5 Å². The van der Waals surface area contributed by atoms with Gasteiger partial charge in [-0.2, -0.15) is 0 Å². The van der Waals surface area contributed by atoms with Crippen molar-refractivity contribution in [3.05, 3.63) is 65.0 Å². The number of imidazole rings is 1. The summed E-state index contributed by atoms with van der Waals surface area (Å²) in [6.07, 6.45) is 3.40. The van der Waals surface area contributed by atoms with E-state index in [4.69, 9.17) is 4.74 Å². The number of carbonyl (C=O) groups excluding carboxylic acids is 1. The van der Waals surface area contributed by atoms with Crippen LogP contribution in [0.2, 0.25) is 0 Å². The van der Waals surface area contributed by atoms with Gasteiger partial charge in [0.05, 0.1) is 17.9 Å². The number of aromatic amines is 1. The molecule has 1 atom stereocenters. The van der Waals surface area contributed by atoms with Gasteiger partial charge in [0, 0.05) is 11.0 Å². The summed E-state index contributed by atoms with van der Waals surface area (Å²) in [6, 6.07) is 16.6. The van der Waals surface area contributed by atoms with Gasteiger partial charge in [-0.15, -0.1) is 0 Å². The molecule has 1 aliphatic heterocycles. The number of nitrogens with one attached hydrogen (secondary N) is 1. The molecular formula is C24H26BrN3O2. The Morgan fingerprint density at radius 1 is 1.07 bits per heavy atom. The van der Waals surface area contributed by atoms with Gasteiger partial charge < -0.3 is 9.72 Å². The molecule has 156 valence electrons. The molecular weight excluding hydrogens is 442 g/mol. The lowest BCUT2D eigenvalue weighted by Crippen LogP contribution is -2.36. The fourth-order valence-electron chi connectivity index (χ4n) is 3.73. The quantitative estimate of drug-likeness (QED) is 0.473. The average molecular weight is 468 g/mol. The maximum absolute atomic E-state index is 12.6. The topological polar surface area (TPSA) is 58.2 Å². The Morgan fingerprint density at radius 2 is 1.67 bits per heavy atom. The van der Waals surface area contributed by atoms with Crippen LogP contribution in [0, 0.1) is 0 Å². The third-order valence-corrected chi connectivity index (χ3v) is 5.69. The number of aromatic nitrogens is 2. The van der Waals surface area contributed by atoms with E-state index >= 15 is 0 Å². The van der Waals surface area contributed by atoms with Gasteiger partial charge >= 0.3 is 6.09 Å². The molecule has 0 aliphatic carbocycles. The fourth-order valence-corrected chi connectivity index (χ4v) is 3.99. The van der Waals surface area contributed by atoms with E-state index in [-0.39, 0.29) is 12.1 Å². The second kappa shape index (κ2) is 8.26. The number of likely N-dealkylation sites (tertiary alicyclic amines) is 1. The SMILES string of the molecule is CC(C)(C)OC(=O)N1CCC[C@H]1c1ncc(-c2ccc(-c3ccc(Br)cc3)cc2)[nH]1. The number of halogens is 1. The Kier molecular flexibility index (Phi) is 5.69. The molecule has 3 aromatic rings. The summed E-state index contributed by atoms with van der Waals surface area (Å²) in [5.74, 6) is 0.811. The first-order valence-corrected chi connectivity index (χ1v) is 11.0. The van der Waals surface area contributed by atoms with E-state index in [9.17, 15) is 4.79 Å². The molecule has 1 N–H and O–H groups in total. The average Bonchev–Trinajstić information content (AvgIpc) is 3.37. The van der Waals surface area contributed by atoms with E-state index in [1.807, 2.05) is 39.1 Å². The van der Waals surface area contributed by atoms with Gasteiger partial charge in [0.1, 0.15) is 11.4 Å². The normalized spacial score (nSPS) is 16.7. The number of hydrogen-bond donors (Lipinski definition) is 1. The number of rotatable bonds is 3. The second-order valence-corrected chi connectivity index (χ2v) is 9.51. The first kappa shape index (κ1) is 20.7. The Hall–Kier alpha value is -2.60. The molecule has 1 aliphatic rings. The monoisotopic (exact) mass is 467 g/mol. The molecule has 1 aromatic heterocycles. The number of ether oxygens (including phenoxy) is 1. The van der Waals surface area contributed by atoms with Crippen molar-refractivity contribution in [2.75, 3.05) is 6.54 Å². The maximum Gasteiger partial charge on any atom is 0.410 e. The minimum atomic E-state index is -0.505. The number of hydrogen-bond acceptors (Lipinski definition) is 3. The van der Waals surface area contributed by atoms with Gasteiger partial charge in [0.2, 0.25) is 0 Å². The molecule has 0 bridgehead atoms. The van der Waals surface area contributed by atoms with Gasteiger partial charge in [-0.3, -0.25) is 4.90 Å². The zero-order valence-corrected chi connectivity index (χ0v) is 19.1. The summed E-state index contributed by atoms with van der Waals surface area (Å²) >= 11 is 3.47. The van der Waals surface area contributed by atoms with E-state index < -0.39 is 5.60 Å². The van der Waals surface area contributed by atoms with Crippen molar-refractivity contribution in [3.8, 4) is 22.4 Å². The Labute approximate surface area is 185 Å². The molecule has 0 saturated carbocycles. The van der Waals surface area contributed by atoms with Crippen molar-refractivity contribution in [2.24, 2.45) is 0 Å². The van der Waals surface area contributed by atoms with Gasteiger partial charge in [-0.1, -0.05) is 52.3 Å². The molecule has 2 aromatic carbocycles. The molecule has 0 spiro atoms. The van der Waals surface area contributed by atoms with Crippen LogP contribution in [0.4, 0.5) is 4.79 Å². The lowest BCUT2D eigenvalue weighted by atomic mass is 10.0. The van der Waals surface area contributed by atoms with Crippen molar-refractivity contribution in [1.82, 2.24) is 14.9 Å². The van der Waals surface area contributed by atoms with Gasteiger partial charge in [-0.25, -0.2) is 9.78 Å². The van der Waals surface area contributed by atoms with E-state index in [1.165, 1.54) is 5.56 Å². The lowest BCUT2D eigenvalue weighted by Gasteiger charge is -2.27. The van der Waals surface area contributed by atoms with Crippen LogP contribution >= 0.6 is 15.9 Å². The van der Waals surface area contributed by atoms with Crippen molar-refractivity contribution in [1.29, 1.82) is 0 Å². The third-order valence-electron chi connectivity index (χ3n) is 5.17. The van der Waals surface area contributed by atoms with Crippen molar-refractivity contribution >= 4 is 22.0 Å². The standard InChI is InChI=1S/C24H26BrN3O2/c1-24(2,3)30-23(29)28-14-4-5-21(28)22-26-15-20(27-22)18-8-6-16(7-9-18)17-10-12-19(25)13-11-17/h6-13,15,21H,4-5,14H2,1-3H3,(H,26,27)/t21-/m0/s1. The highest BCUT2D eigenvalue weighted by atomic mass is 79.9. The lowest BCUT2D eigenvalue weighted by molar-refractivity contribution is 0.0219. The molecule has 1 saturated heterocycles. The minimum Gasteiger partial charge on any atom is -0.444 e. The molecule has 1 fully saturated rings. The molecule has 4 rings (SSSR count). The van der Waals surface area contributed by atoms with E-state index in [2.05, 4.69) is 62.3 Å². The molecule has 2 heterocycles. The Bertz CT molecular complexity index is 1020. The van der Waals surface area contributed by atoms with Gasteiger partial charge in [-0.05, 0) is 62.4 Å². The van der Waals surface area contributed by atoms with Crippen LogP contribution in [0.15, 0.2) is 59.2 Å². The summed E-state index contributed by atoms with van der Waals surface area (Å²) in [7, 11) is 0. The zero-order chi connectivity index (χ0) is 21.3. The zero-order valence-electron chi connectivity index (χ0n) is 17.5. The van der Waals surface area contributed by atoms with E-state index in [0.29, 0.717) is 6.54 Å². The van der Waals surface area contributed by atoms with Crippen molar-refractivity contribution < 1.29 is 9.53 Å². The first-order chi connectivity index (χ1) is 14.3. The Balaban J connectivity index is 1.51. The summed E-state index contributed by atoms with van der Waals surface area (Å²) in [6.45, 7) is 6.36. The van der Waals surface area contributed by atoms with E-state index in [1.54, 1.807) is 4.90 Å². The third kappa shape index (κ3) is 4.59. The molecule has 0 unspecified atom stereocenters. The first-order valence-electron chi connectivity index (χ1n) is 10.2. The Morgan fingerprint density at radius 3 is 2.30 bits per heavy atom. The number of H-pyrrole nitrogens is 1. The van der Waals surface area contributed by atoms with Crippen LogP contribution in [-0.2, 0) is 4.74 Å². The number of carbonyl (C=O) groups is 1. The number of benzene rings is 2. The highest BCUT2D eigenvalue weighted by Crippen LogP contribution is 2.33. The predicted molar refractivity (Wildman–Crippen MR) is 122 cm³/mol. The van der Waals surface area contributed by atoms with Crippen LogP contribution in [0.5, 0.6) is 0 Å². The van der Waals surface area contributed by atoms with Crippen LogP contribution < -0.4 is 0 Å². The maximum atomic E-state index is 12.6. The summed E-state index contributed by atoms with van der Waals surface area (Å²) in [5, 5.41) is 0. The molecule has 0 radical (unpaired) electrons. The van der Waals surface area contributed by atoms with Crippen LogP contribution in [0.3, 0.4) is 0 Å². The number of amides is 1. The second-order valence-electron chi connectivity index (χ2n) is 8.60. The highest BCUT2D eigenvalue weighted by molar-refractivity contribution is 9.10. The molecule has 5 nitrogen and oxygen atoms in total. The summed E-state index contributed by atoms with van der Waals surface area (Å²) in [5.41, 5.74) is 3.85. The van der Waals surface area contributed by atoms with Crippen molar-refractivity contribution in [2.45, 2.75) is 45.3 Å². The van der Waals surface area contributed by atoms with Gasteiger partial charge in [0.25, 0.3) is 0 Å². The molecule has 1 amide bonds. The smallest absolute Gasteiger partial charge is 0.410 e. The van der Waals surface area contributed by atoms with Gasteiger partial charge in [0.15, 0.2) is 0 Å². The molecule has 30 heavy (non-hydrogen) atoms. The van der Waals surface area contributed by atoms with Crippen molar-refractivity contribution in [3.63, 3.8) is 0 Å².